The second-order valence-corrected chi connectivity index (χ2v) is 5.51. The summed E-state index contributed by atoms with van der Waals surface area (Å²) in [5.41, 5.74) is 1.18. The number of ether oxygens (including phenoxy) is 1. The normalized spacial score (nSPS) is 11.1. The molecule has 0 aliphatic rings. The van der Waals surface area contributed by atoms with Gasteiger partial charge in [0.1, 0.15) is 12.4 Å². The highest BCUT2D eigenvalue weighted by molar-refractivity contribution is 14.0. The zero-order valence-electron chi connectivity index (χ0n) is 14.8. The Bertz CT molecular complexity index is 452. The smallest absolute Gasteiger partial charge is 0.191 e. The zero-order chi connectivity index (χ0) is 16.2. The van der Waals surface area contributed by atoms with Gasteiger partial charge in [0, 0.05) is 26.7 Å². The van der Waals surface area contributed by atoms with E-state index >= 15 is 0 Å². The highest BCUT2D eigenvalue weighted by Crippen LogP contribution is 2.13. The summed E-state index contributed by atoms with van der Waals surface area (Å²) in [6, 6.07) is 8.18. The van der Waals surface area contributed by atoms with Crippen molar-refractivity contribution in [1.82, 2.24) is 15.5 Å². The van der Waals surface area contributed by atoms with Crippen molar-refractivity contribution >= 4 is 29.9 Å². The molecule has 0 spiro atoms. The third-order valence-electron chi connectivity index (χ3n) is 3.21. The van der Waals surface area contributed by atoms with Gasteiger partial charge in [-0.25, -0.2) is 0 Å². The van der Waals surface area contributed by atoms with Crippen LogP contribution >= 0.6 is 24.0 Å². The average molecular weight is 434 g/mol. The minimum absolute atomic E-state index is 0. The summed E-state index contributed by atoms with van der Waals surface area (Å²) in [7, 11) is 5.88. The molecule has 6 heteroatoms. The molecule has 0 aliphatic heterocycles. The number of nitrogens with one attached hydrogen (secondary N) is 2. The first kappa shape index (κ1) is 22.0. The summed E-state index contributed by atoms with van der Waals surface area (Å²) in [6.07, 6.45) is 2.33. The standard InChI is InChI=1S/C17H30N4O.HI/c1-5-6-10-19-17(18-2)20-14-15-8-7-9-16(13-15)22-12-11-21(3)4;/h7-9,13H,5-6,10-12,14H2,1-4H3,(H2,18,19,20);1H. The SMILES string of the molecule is CCCCNC(=NC)NCc1cccc(OCCN(C)C)c1.I. The number of hydrogen-bond donors (Lipinski definition) is 2. The van der Waals surface area contributed by atoms with Gasteiger partial charge in [-0.15, -0.1) is 24.0 Å². The molecule has 0 saturated carbocycles. The summed E-state index contributed by atoms with van der Waals surface area (Å²) in [5, 5.41) is 6.63. The number of hydrogen-bond acceptors (Lipinski definition) is 3. The van der Waals surface area contributed by atoms with Gasteiger partial charge < -0.3 is 20.3 Å². The number of guanidine groups is 1. The van der Waals surface area contributed by atoms with Crippen molar-refractivity contribution < 1.29 is 4.74 Å². The van der Waals surface area contributed by atoms with E-state index in [-0.39, 0.29) is 24.0 Å². The largest absolute Gasteiger partial charge is 0.492 e. The number of likely N-dealkylation sites (N-methyl/N-ethyl adjacent to an activating group) is 1. The lowest BCUT2D eigenvalue weighted by atomic mass is 10.2. The Hall–Kier alpha value is -1.02. The molecule has 0 atom stereocenters. The van der Waals surface area contributed by atoms with E-state index in [1.54, 1.807) is 7.05 Å². The van der Waals surface area contributed by atoms with Crippen LogP contribution in [0.4, 0.5) is 0 Å². The maximum Gasteiger partial charge on any atom is 0.191 e. The molecule has 5 nitrogen and oxygen atoms in total. The summed E-state index contributed by atoms with van der Waals surface area (Å²) in [5.74, 6) is 1.75. The van der Waals surface area contributed by atoms with Crippen molar-refractivity contribution in [2.75, 3.05) is 40.8 Å². The summed E-state index contributed by atoms with van der Waals surface area (Å²) in [6.45, 7) is 5.47. The van der Waals surface area contributed by atoms with Crippen LogP contribution in [0.2, 0.25) is 0 Å². The molecule has 0 amide bonds. The van der Waals surface area contributed by atoms with Crippen LogP contribution in [0, 0.1) is 0 Å². The Morgan fingerprint density at radius 1 is 1.26 bits per heavy atom. The first-order valence-corrected chi connectivity index (χ1v) is 7.96. The zero-order valence-corrected chi connectivity index (χ0v) is 17.1. The van der Waals surface area contributed by atoms with Crippen LogP contribution in [-0.4, -0.2) is 51.7 Å². The minimum atomic E-state index is 0. The summed E-state index contributed by atoms with van der Waals surface area (Å²) in [4.78, 5) is 6.33. The number of nitrogens with zero attached hydrogens (tertiary/aromatic N) is 2. The van der Waals surface area contributed by atoms with E-state index in [0.717, 1.165) is 37.8 Å². The Balaban J connectivity index is 0.00000484. The second-order valence-electron chi connectivity index (χ2n) is 5.51. The van der Waals surface area contributed by atoms with Gasteiger partial charge in [0.25, 0.3) is 0 Å². The van der Waals surface area contributed by atoms with Gasteiger partial charge in [-0.2, -0.15) is 0 Å². The molecule has 23 heavy (non-hydrogen) atoms. The molecule has 0 heterocycles. The highest BCUT2D eigenvalue weighted by Gasteiger charge is 2.00. The van der Waals surface area contributed by atoms with Crippen LogP contribution < -0.4 is 15.4 Å². The molecule has 0 aromatic heterocycles. The fourth-order valence-corrected chi connectivity index (χ4v) is 1.88. The number of unbranched alkanes of at least 4 members (excludes halogenated alkanes) is 1. The molecule has 0 fully saturated rings. The molecule has 0 aliphatic carbocycles. The van der Waals surface area contributed by atoms with Crippen molar-refractivity contribution in [3.8, 4) is 5.75 Å². The van der Waals surface area contributed by atoms with Crippen molar-refractivity contribution in [3.05, 3.63) is 29.8 Å². The average Bonchev–Trinajstić information content (AvgIpc) is 2.51. The van der Waals surface area contributed by atoms with Gasteiger partial charge in [-0.05, 0) is 38.2 Å². The summed E-state index contributed by atoms with van der Waals surface area (Å²) >= 11 is 0. The lowest BCUT2D eigenvalue weighted by Crippen LogP contribution is -2.37. The third kappa shape index (κ3) is 10.4. The molecule has 1 aromatic carbocycles. The Morgan fingerprint density at radius 2 is 2.04 bits per heavy atom. The van der Waals surface area contributed by atoms with Crippen LogP contribution in [0.3, 0.4) is 0 Å². The van der Waals surface area contributed by atoms with E-state index in [0.29, 0.717) is 6.61 Å². The van der Waals surface area contributed by atoms with Crippen LogP contribution in [-0.2, 0) is 6.54 Å². The van der Waals surface area contributed by atoms with Crippen LogP contribution in [0.5, 0.6) is 5.75 Å². The predicted molar refractivity (Wildman–Crippen MR) is 109 cm³/mol. The number of halogens is 1. The van der Waals surface area contributed by atoms with Crippen molar-refractivity contribution in [2.24, 2.45) is 4.99 Å². The fraction of sp³-hybridized carbons (Fsp3) is 0.588. The molecule has 1 rings (SSSR count). The van der Waals surface area contributed by atoms with E-state index in [2.05, 4.69) is 39.6 Å². The molecule has 2 N–H and O–H groups in total. The van der Waals surface area contributed by atoms with Crippen LogP contribution in [0.1, 0.15) is 25.3 Å². The quantitative estimate of drug-likeness (QED) is 0.272. The van der Waals surface area contributed by atoms with E-state index in [9.17, 15) is 0 Å². The number of benzene rings is 1. The van der Waals surface area contributed by atoms with E-state index < -0.39 is 0 Å². The highest BCUT2D eigenvalue weighted by atomic mass is 127. The van der Waals surface area contributed by atoms with E-state index in [4.69, 9.17) is 4.74 Å². The third-order valence-corrected chi connectivity index (χ3v) is 3.21. The van der Waals surface area contributed by atoms with Crippen molar-refractivity contribution in [2.45, 2.75) is 26.3 Å². The maximum atomic E-state index is 5.75. The van der Waals surface area contributed by atoms with Crippen molar-refractivity contribution in [3.63, 3.8) is 0 Å². The van der Waals surface area contributed by atoms with Gasteiger partial charge in [-0.1, -0.05) is 25.5 Å². The van der Waals surface area contributed by atoms with Gasteiger partial charge in [-0.3, -0.25) is 4.99 Å². The Morgan fingerprint density at radius 3 is 2.70 bits per heavy atom. The molecule has 1 aromatic rings. The molecule has 0 unspecified atom stereocenters. The maximum absolute atomic E-state index is 5.75. The number of aliphatic imine (C=N–C) groups is 1. The fourth-order valence-electron chi connectivity index (χ4n) is 1.88. The molecular weight excluding hydrogens is 403 g/mol. The Kier molecular flexibility index (Phi) is 12.8. The first-order chi connectivity index (χ1) is 10.7. The minimum Gasteiger partial charge on any atom is -0.492 e. The lowest BCUT2D eigenvalue weighted by Gasteiger charge is -2.13. The van der Waals surface area contributed by atoms with Crippen LogP contribution in [0.15, 0.2) is 29.3 Å². The predicted octanol–water partition coefficient (Wildman–Crippen LogP) is 2.71. The first-order valence-electron chi connectivity index (χ1n) is 7.96. The lowest BCUT2D eigenvalue weighted by molar-refractivity contribution is 0.261. The van der Waals surface area contributed by atoms with Gasteiger partial charge >= 0.3 is 0 Å². The second kappa shape index (κ2) is 13.4. The topological polar surface area (TPSA) is 48.9 Å². The molecule has 0 radical (unpaired) electrons. The Labute approximate surface area is 157 Å². The van der Waals surface area contributed by atoms with Crippen molar-refractivity contribution in [1.29, 1.82) is 0 Å². The summed E-state index contributed by atoms with van der Waals surface area (Å²) < 4.78 is 5.75. The molecular formula is C17H31IN4O. The molecule has 0 bridgehead atoms. The monoisotopic (exact) mass is 434 g/mol. The molecule has 0 saturated heterocycles. The van der Waals surface area contributed by atoms with Gasteiger partial charge in [0.2, 0.25) is 0 Å². The number of rotatable bonds is 9. The van der Waals surface area contributed by atoms with E-state index in [1.807, 2.05) is 26.2 Å². The van der Waals surface area contributed by atoms with Crippen LogP contribution in [0.25, 0.3) is 0 Å². The van der Waals surface area contributed by atoms with E-state index in [1.165, 1.54) is 12.0 Å². The van der Waals surface area contributed by atoms with Gasteiger partial charge in [0.15, 0.2) is 5.96 Å². The van der Waals surface area contributed by atoms with Gasteiger partial charge in [0.05, 0.1) is 0 Å². The molecule has 132 valence electrons.